The number of rotatable bonds is 5. The minimum Gasteiger partial charge on any atom is -0.336 e. The minimum atomic E-state index is -4.13. The summed E-state index contributed by atoms with van der Waals surface area (Å²) in [6.07, 6.45) is 0.703. The summed E-state index contributed by atoms with van der Waals surface area (Å²) in [6, 6.07) is 1.63. The van der Waals surface area contributed by atoms with Crippen molar-refractivity contribution in [2.75, 3.05) is 6.54 Å². The van der Waals surface area contributed by atoms with Gasteiger partial charge in [-0.3, -0.25) is 4.79 Å². The van der Waals surface area contributed by atoms with Crippen LogP contribution in [0.4, 0.5) is 4.39 Å². The SMILES string of the molecule is CCC(C)N(CC)C(=O)c1cc(S(N)(=O)=O)cc(F)c1Cl. The molecule has 1 atom stereocenters. The molecular weight excluding hydrogens is 319 g/mol. The fourth-order valence-electron chi connectivity index (χ4n) is 1.91. The molecule has 118 valence electrons. The Balaban J connectivity index is 3.42. The van der Waals surface area contributed by atoms with Crippen molar-refractivity contribution >= 4 is 27.5 Å². The molecular formula is C13H18ClFN2O3S. The van der Waals surface area contributed by atoms with Gasteiger partial charge in [-0.1, -0.05) is 18.5 Å². The van der Waals surface area contributed by atoms with E-state index in [4.69, 9.17) is 16.7 Å². The lowest BCUT2D eigenvalue weighted by molar-refractivity contribution is 0.0699. The molecule has 0 fully saturated rings. The molecule has 8 heteroatoms. The van der Waals surface area contributed by atoms with Gasteiger partial charge in [-0.2, -0.15) is 0 Å². The van der Waals surface area contributed by atoms with Crippen molar-refractivity contribution in [1.29, 1.82) is 0 Å². The van der Waals surface area contributed by atoms with Gasteiger partial charge in [0.15, 0.2) is 0 Å². The molecule has 0 aliphatic heterocycles. The largest absolute Gasteiger partial charge is 0.336 e. The zero-order valence-corrected chi connectivity index (χ0v) is 13.6. The van der Waals surface area contributed by atoms with E-state index in [-0.39, 0.29) is 11.6 Å². The number of sulfonamides is 1. The van der Waals surface area contributed by atoms with Gasteiger partial charge in [-0.25, -0.2) is 17.9 Å². The highest BCUT2D eigenvalue weighted by molar-refractivity contribution is 7.89. The highest BCUT2D eigenvalue weighted by atomic mass is 35.5. The number of hydrogen-bond acceptors (Lipinski definition) is 3. The van der Waals surface area contributed by atoms with E-state index in [0.29, 0.717) is 19.0 Å². The van der Waals surface area contributed by atoms with Crippen molar-refractivity contribution < 1.29 is 17.6 Å². The Morgan fingerprint density at radius 1 is 1.43 bits per heavy atom. The Bertz CT molecular complexity index is 649. The molecule has 0 bridgehead atoms. The first kappa shape index (κ1) is 17.9. The summed E-state index contributed by atoms with van der Waals surface area (Å²) in [5.41, 5.74) is -0.206. The van der Waals surface area contributed by atoms with Crippen molar-refractivity contribution in [3.8, 4) is 0 Å². The summed E-state index contributed by atoms with van der Waals surface area (Å²) >= 11 is 5.80. The average molecular weight is 337 g/mol. The summed E-state index contributed by atoms with van der Waals surface area (Å²) in [6.45, 7) is 5.92. The highest BCUT2D eigenvalue weighted by Gasteiger charge is 2.25. The topological polar surface area (TPSA) is 80.5 Å². The number of carbonyl (C=O) groups is 1. The Labute approximate surface area is 128 Å². The van der Waals surface area contributed by atoms with Gasteiger partial charge in [-0.05, 0) is 32.4 Å². The lowest BCUT2D eigenvalue weighted by Crippen LogP contribution is -2.38. The molecule has 0 spiro atoms. The minimum absolute atomic E-state index is 0.0835. The van der Waals surface area contributed by atoms with Crippen molar-refractivity contribution in [2.45, 2.75) is 38.1 Å². The van der Waals surface area contributed by atoms with Crippen LogP contribution in [0.5, 0.6) is 0 Å². The Morgan fingerprint density at radius 3 is 2.43 bits per heavy atom. The number of amides is 1. The average Bonchev–Trinajstić information content (AvgIpc) is 2.40. The summed E-state index contributed by atoms with van der Waals surface area (Å²) in [5.74, 6) is -1.52. The zero-order valence-electron chi connectivity index (χ0n) is 12.1. The molecule has 1 aromatic rings. The maximum absolute atomic E-state index is 13.8. The van der Waals surface area contributed by atoms with Gasteiger partial charge in [0.25, 0.3) is 5.91 Å². The van der Waals surface area contributed by atoms with Crippen molar-refractivity contribution in [3.63, 3.8) is 0 Å². The standard InChI is InChI=1S/C13H18ClFN2O3S/c1-4-8(3)17(5-2)13(18)10-6-9(21(16,19)20)7-11(15)12(10)14/h6-8H,4-5H2,1-3H3,(H2,16,19,20). The maximum atomic E-state index is 13.8. The summed E-state index contributed by atoms with van der Waals surface area (Å²) in [7, 11) is -4.13. The number of benzene rings is 1. The Kier molecular flexibility index (Phi) is 5.72. The van der Waals surface area contributed by atoms with Crippen LogP contribution in [0, 0.1) is 5.82 Å². The second-order valence-electron chi connectivity index (χ2n) is 4.66. The van der Waals surface area contributed by atoms with Crippen LogP contribution in [-0.4, -0.2) is 31.8 Å². The molecule has 1 rings (SSSR count). The normalized spacial score (nSPS) is 13.0. The van der Waals surface area contributed by atoms with Crippen LogP contribution in [0.15, 0.2) is 17.0 Å². The molecule has 0 heterocycles. The quantitative estimate of drug-likeness (QED) is 0.896. The van der Waals surface area contributed by atoms with Crippen LogP contribution in [-0.2, 0) is 10.0 Å². The number of carbonyl (C=O) groups excluding carboxylic acids is 1. The van der Waals surface area contributed by atoms with Gasteiger partial charge in [0.05, 0.1) is 15.5 Å². The molecule has 1 unspecified atom stereocenters. The van der Waals surface area contributed by atoms with Gasteiger partial charge in [0.2, 0.25) is 10.0 Å². The predicted octanol–water partition coefficient (Wildman–Crippen LogP) is 2.39. The maximum Gasteiger partial charge on any atom is 0.255 e. The van der Waals surface area contributed by atoms with Crippen LogP contribution in [0.1, 0.15) is 37.6 Å². The highest BCUT2D eigenvalue weighted by Crippen LogP contribution is 2.26. The van der Waals surface area contributed by atoms with E-state index in [1.807, 2.05) is 13.8 Å². The molecule has 0 aliphatic rings. The lowest BCUT2D eigenvalue weighted by atomic mass is 10.1. The Morgan fingerprint density at radius 2 is 2.00 bits per heavy atom. The van der Waals surface area contributed by atoms with E-state index in [2.05, 4.69) is 0 Å². The first-order valence-corrected chi connectivity index (χ1v) is 8.38. The summed E-state index contributed by atoms with van der Waals surface area (Å²) in [4.78, 5) is 13.5. The Hall–Kier alpha value is -1.18. The molecule has 5 nitrogen and oxygen atoms in total. The number of halogens is 2. The second-order valence-corrected chi connectivity index (χ2v) is 6.60. The number of primary sulfonamides is 1. The summed E-state index contributed by atoms with van der Waals surface area (Å²) in [5, 5.41) is 4.57. The van der Waals surface area contributed by atoms with E-state index in [1.165, 1.54) is 4.90 Å². The molecule has 0 saturated heterocycles. The van der Waals surface area contributed by atoms with Gasteiger partial charge in [-0.15, -0.1) is 0 Å². The van der Waals surface area contributed by atoms with Crippen molar-refractivity contribution in [1.82, 2.24) is 4.90 Å². The third-order valence-corrected chi connectivity index (χ3v) is 4.56. The number of nitrogens with two attached hydrogens (primary N) is 1. The van der Waals surface area contributed by atoms with E-state index in [0.717, 1.165) is 6.07 Å². The molecule has 1 amide bonds. The molecule has 0 saturated carbocycles. The van der Waals surface area contributed by atoms with E-state index in [9.17, 15) is 17.6 Å². The first-order chi connectivity index (χ1) is 9.63. The smallest absolute Gasteiger partial charge is 0.255 e. The fraction of sp³-hybridized carbons (Fsp3) is 0.462. The van der Waals surface area contributed by atoms with Crippen LogP contribution in [0.2, 0.25) is 5.02 Å². The third-order valence-electron chi connectivity index (χ3n) is 3.29. The van der Waals surface area contributed by atoms with Crippen LogP contribution in [0.3, 0.4) is 0 Å². The first-order valence-electron chi connectivity index (χ1n) is 6.46. The fourth-order valence-corrected chi connectivity index (χ4v) is 2.65. The van der Waals surface area contributed by atoms with Gasteiger partial charge in [0.1, 0.15) is 5.82 Å². The molecule has 1 aromatic carbocycles. The van der Waals surface area contributed by atoms with Crippen molar-refractivity contribution in [2.24, 2.45) is 5.14 Å². The zero-order chi connectivity index (χ0) is 16.4. The third kappa shape index (κ3) is 3.93. The number of nitrogens with zero attached hydrogens (tertiary/aromatic N) is 1. The predicted molar refractivity (Wildman–Crippen MR) is 79.2 cm³/mol. The van der Waals surface area contributed by atoms with Crippen molar-refractivity contribution in [3.05, 3.63) is 28.5 Å². The number of hydrogen-bond donors (Lipinski definition) is 1. The molecule has 2 N–H and O–H groups in total. The van der Waals surface area contributed by atoms with Crippen LogP contribution >= 0.6 is 11.6 Å². The molecule has 0 radical (unpaired) electrons. The van der Waals surface area contributed by atoms with Crippen LogP contribution in [0.25, 0.3) is 0 Å². The van der Waals surface area contributed by atoms with Gasteiger partial charge < -0.3 is 4.90 Å². The molecule has 21 heavy (non-hydrogen) atoms. The van der Waals surface area contributed by atoms with E-state index in [1.54, 1.807) is 6.92 Å². The van der Waals surface area contributed by atoms with Crippen LogP contribution < -0.4 is 5.14 Å². The second kappa shape index (κ2) is 6.72. The summed E-state index contributed by atoms with van der Waals surface area (Å²) < 4.78 is 36.4. The van der Waals surface area contributed by atoms with E-state index < -0.39 is 31.7 Å². The molecule has 0 aliphatic carbocycles. The van der Waals surface area contributed by atoms with Gasteiger partial charge >= 0.3 is 0 Å². The monoisotopic (exact) mass is 336 g/mol. The molecule has 0 aromatic heterocycles. The lowest BCUT2D eigenvalue weighted by Gasteiger charge is -2.27. The van der Waals surface area contributed by atoms with Gasteiger partial charge in [0, 0.05) is 12.6 Å². The van der Waals surface area contributed by atoms with E-state index >= 15 is 0 Å².